The monoisotopic (exact) mass is 418 g/mol. The topological polar surface area (TPSA) is 50.7 Å². The summed E-state index contributed by atoms with van der Waals surface area (Å²) in [7, 11) is 1.63. The summed E-state index contributed by atoms with van der Waals surface area (Å²) in [6.07, 6.45) is 8.56. The fourth-order valence-electron chi connectivity index (χ4n) is 6.79. The summed E-state index contributed by atoms with van der Waals surface area (Å²) in [4.78, 5) is 13.1. The molecule has 4 aliphatic rings. The van der Waals surface area contributed by atoms with Crippen molar-refractivity contribution in [2.75, 3.05) is 7.11 Å². The molecule has 4 nitrogen and oxygen atoms in total. The van der Waals surface area contributed by atoms with Crippen LogP contribution in [0.3, 0.4) is 0 Å². The van der Waals surface area contributed by atoms with Crippen molar-refractivity contribution in [1.29, 1.82) is 0 Å². The number of halogens is 1. The third kappa shape index (κ3) is 3.08. The van der Waals surface area contributed by atoms with Gasteiger partial charge in [0.15, 0.2) is 0 Å². The molecule has 0 saturated heterocycles. The van der Waals surface area contributed by atoms with E-state index in [2.05, 4.69) is 40.3 Å². The Bertz CT molecular complexity index is 757. The number of rotatable bonds is 4. The molecule has 26 heavy (non-hydrogen) atoms. The first-order chi connectivity index (χ1) is 12.2. The predicted molar refractivity (Wildman–Crippen MR) is 106 cm³/mol. The molecule has 1 aromatic rings. The van der Waals surface area contributed by atoms with E-state index in [1.165, 1.54) is 19.3 Å². The lowest BCUT2D eigenvalue weighted by Crippen LogP contribution is -2.59. The molecule has 2 unspecified atom stereocenters. The van der Waals surface area contributed by atoms with Crippen molar-refractivity contribution in [3.8, 4) is 5.75 Å². The van der Waals surface area contributed by atoms with Gasteiger partial charge in [0.05, 0.1) is 18.7 Å². The molecule has 4 aliphatic carbocycles. The lowest BCUT2D eigenvalue weighted by atomic mass is 9.40. The largest absolute Gasteiger partial charge is 0.496 e. The van der Waals surface area contributed by atoms with Crippen molar-refractivity contribution in [2.45, 2.75) is 52.4 Å². The van der Waals surface area contributed by atoms with E-state index in [4.69, 9.17) is 4.74 Å². The summed E-state index contributed by atoms with van der Waals surface area (Å²) in [6.45, 7) is 4.76. The number of nitrogens with zero attached hydrogens (tertiary/aromatic N) is 1. The first kappa shape index (κ1) is 18.0. The van der Waals surface area contributed by atoms with Gasteiger partial charge in [-0.15, -0.1) is 0 Å². The van der Waals surface area contributed by atoms with Gasteiger partial charge in [-0.3, -0.25) is 4.79 Å². The molecular formula is C21H27BrN2O2. The number of carbonyl (C=O) groups is 1. The van der Waals surface area contributed by atoms with Gasteiger partial charge in [-0.25, -0.2) is 5.43 Å². The number of ether oxygens (including phenoxy) is 1. The standard InChI is InChI=1S/C21H27BrN2O2/c1-19-7-14-8-20(2,11-19)13-21(9-14,12-19)18(25)24-23-10-15-6-16(22)4-5-17(15)26-3/h4-6,10,14H,7-9,11-13H2,1-3H3,(H,24,25)/b23-10+. The van der Waals surface area contributed by atoms with E-state index in [1.807, 2.05) is 18.2 Å². The lowest BCUT2D eigenvalue weighted by Gasteiger charge is -2.64. The summed E-state index contributed by atoms with van der Waals surface area (Å²) in [6, 6.07) is 5.74. The van der Waals surface area contributed by atoms with E-state index in [-0.39, 0.29) is 11.3 Å². The third-order valence-corrected chi connectivity index (χ3v) is 7.16. The zero-order valence-corrected chi connectivity index (χ0v) is 17.4. The van der Waals surface area contributed by atoms with Crippen LogP contribution >= 0.6 is 15.9 Å². The molecule has 0 radical (unpaired) electrons. The van der Waals surface area contributed by atoms with Crippen LogP contribution in [-0.2, 0) is 4.79 Å². The minimum atomic E-state index is -0.235. The van der Waals surface area contributed by atoms with Gasteiger partial charge in [0, 0.05) is 10.0 Å². The van der Waals surface area contributed by atoms with E-state index in [0.717, 1.165) is 35.0 Å². The molecule has 0 aromatic heterocycles. The van der Waals surface area contributed by atoms with Gasteiger partial charge in [-0.2, -0.15) is 5.10 Å². The smallest absolute Gasteiger partial charge is 0.246 e. The van der Waals surface area contributed by atoms with Gasteiger partial charge in [0.2, 0.25) is 5.91 Å². The number of carbonyl (C=O) groups excluding carboxylic acids is 1. The minimum absolute atomic E-state index is 0.101. The lowest BCUT2D eigenvalue weighted by molar-refractivity contribution is -0.170. The number of hydrogen-bond acceptors (Lipinski definition) is 3. The van der Waals surface area contributed by atoms with E-state index in [9.17, 15) is 4.79 Å². The van der Waals surface area contributed by atoms with Gasteiger partial charge in [-0.1, -0.05) is 29.8 Å². The molecule has 1 amide bonds. The van der Waals surface area contributed by atoms with Gasteiger partial charge in [-0.05, 0) is 73.5 Å². The fourth-order valence-corrected chi connectivity index (χ4v) is 7.16. The summed E-state index contributed by atoms with van der Waals surface area (Å²) < 4.78 is 6.31. The Labute approximate surface area is 163 Å². The van der Waals surface area contributed by atoms with Crippen LogP contribution in [0.25, 0.3) is 0 Å². The molecular weight excluding hydrogens is 392 g/mol. The van der Waals surface area contributed by atoms with Gasteiger partial charge >= 0.3 is 0 Å². The van der Waals surface area contributed by atoms with Crippen LogP contribution in [-0.4, -0.2) is 19.2 Å². The molecule has 4 fully saturated rings. The predicted octanol–water partition coefficient (Wildman–Crippen LogP) is 4.90. The zero-order valence-electron chi connectivity index (χ0n) is 15.8. The average Bonchev–Trinajstić information content (AvgIpc) is 2.51. The highest BCUT2D eigenvalue weighted by atomic mass is 79.9. The van der Waals surface area contributed by atoms with Crippen LogP contribution in [0.1, 0.15) is 57.9 Å². The number of methoxy groups -OCH3 is 1. The number of amides is 1. The molecule has 5 rings (SSSR count). The van der Waals surface area contributed by atoms with E-state index in [1.54, 1.807) is 13.3 Å². The van der Waals surface area contributed by atoms with Gasteiger partial charge < -0.3 is 4.74 Å². The van der Waals surface area contributed by atoms with Crippen molar-refractivity contribution in [1.82, 2.24) is 5.43 Å². The Morgan fingerprint density at radius 2 is 1.92 bits per heavy atom. The normalized spacial score (nSPS) is 37.9. The van der Waals surface area contributed by atoms with Crippen LogP contribution in [0.5, 0.6) is 5.75 Å². The van der Waals surface area contributed by atoms with Crippen LogP contribution in [0, 0.1) is 22.2 Å². The Morgan fingerprint density at radius 1 is 1.23 bits per heavy atom. The second kappa shape index (κ2) is 6.08. The Hall–Kier alpha value is -1.36. The van der Waals surface area contributed by atoms with Crippen LogP contribution in [0.2, 0.25) is 0 Å². The molecule has 2 atom stereocenters. The molecule has 5 heteroatoms. The SMILES string of the molecule is COc1ccc(Br)cc1/C=N/NC(=O)C12CC3CC(C)(CC(C)(C3)C1)C2. The van der Waals surface area contributed by atoms with Gasteiger partial charge in [0.1, 0.15) is 5.75 Å². The maximum Gasteiger partial charge on any atom is 0.246 e. The molecule has 140 valence electrons. The quantitative estimate of drug-likeness (QED) is 0.557. The highest BCUT2D eigenvalue weighted by Crippen LogP contribution is 2.69. The van der Waals surface area contributed by atoms with E-state index >= 15 is 0 Å². The number of benzene rings is 1. The zero-order chi connectivity index (χ0) is 18.6. The summed E-state index contributed by atoms with van der Waals surface area (Å²) in [5.41, 5.74) is 4.10. The fraction of sp³-hybridized carbons (Fsp3) is 0.619. The molecule has 4 bridgehead atoms. The van der Waals surface area contributed by atoms with Gasteiger partial charge in [0.25, 0.3) is 0 Å². The maximum absolute atomic E-state index is 13.1. The second-order valence-corrected chi connectivity index (χ2v) is 10.4. The summed E-state index contributed by atoms with van der Waals surface area (Å²) in [5.74, 6) is 1.53. The summed E-state index contributed by atoms with van der Waals surface area (Å²) in [5, 5.41) is 4.27. The Kier molecular flexibility index (Phi) is 4.22. The molecule has 0 spiro atoms. The highest BCUT2D eigenvalue weighted by Gasteiger charge is 2.62. The second-order valence-electron chi connectivity index (χ2n) is 9.50. The van der Waals surface area contributed by atoms with Crippen LogP contribution in [0.4, 0.5) is 0 Å². The van der Waals surface area contributed by atoms with Crippen LogP contribution in [0.15, 0.2) is 27.8 Å². The molecule has 0 aliphatic heterocycles. The third-order valence-electron chi connectivity index (χ3n) is 6.67. The minimum Gasteiger partial charge on any atom is -0.496 e. The summed E-state index contributed by atoms with van der Waals surface area (Å²) >= 11 is 3.46. The maximum atomic E-state index is 13.1. The van der Waals surface area contributed by atoms with Crippen LogP contribution < -0.4 is 10.2 Å². The first-order valence-corrected chi connectivity index (χ1v) is 10.2. The average molecular weight is 419 g/mol. The van der Waals surface area contributed by atoms with E-state index < -0.39 is 0 Å². The first-order valence-electron chi connectivity index (χ1n) is 9.42. The highest BCUT2D eigenvalue weighted by molar-refractivity contribution is 9.10. The number of hydrogen-bond donors (Lipinski definition) is 1. The van der Waals surface area contributed by atoms with Crippen molar-refractivity contribution in [3.63, 3.8) is 0 Å². The molecule has 4 saturated carbocycles. The van der Waals surface area contributed by atoms with Crippen molar-refractivity contribution in [3.05, 3.63) is 28.2 Å². The molecule has 0 heterocycles. The molecule has 1 N–H and O–H groups in total. The Morgan fingerprint density at radius 3 is 2.54 bits per heavy atom. The number of nitrogens with one attached hydrogen (secondary N) is 1. The van der Waals surface area contributed by atoms with Crippen molar-refractivity contribution >= 4 is 28.1 Å². The van der Waals surface area contributed by atoms with Crippen molar-refractivity contribution < 1.29 is 9.53 Å². The van der Waals surface area contributed by atoms with Crippen molar-refractivity contribution in [2.24, 2.45) is 27.3 Å². The molecule has 1 aromatic carbocycles. The number of hydrazone groups is 1. The Balaban J connectivity index is 1.51. The van der Waals surface area contributed by atoms with E-state index in [0.29, 0.717) is 16.7 Å².